The number of fused-ring (bicyclic) bond motifs is 1. The van der Waals surface area contributed by atoms with Crippen LogP contribution in [-0.2, 0) is 0 Å². The number of pyridine rings is 1. The minimum absolute atomic E-state index is 0.0663. The average molecular weight is 462 g/mol. The smallest absolute Gasteiger partial charge is 0.253 e. The molecule has 1 amide bonds. The molecule has 3 aromatic rings. The molecule has 0 aliphatic carbocycles. The molecule has 34 heavy (non-hydrogen) atoms. The van der Waals surface area contributed by atoms with Gasteiger partial charge in [-0.25, -0.2) is 4.98 Å². The molecule has 4 rings (SSSR count). The molecular weight excluding hydrogens is 426 g/mol. The molecule has 0 spiro atoms. The van der Waals surface area contributed by atoms with E-state index in [9.17, 15) is 4.79 Å². The van der Waals surface area contributed by atoms with Gasteiger partial charge in [0.2, 0.25) is 0 Å². The van der Waals surface area contributed by atoms with Crippen molar-refractivity contribution in [2.24, 2.45) is 0 Å². The van der Waals surface area contributed by atoms with Crippen LogP contribution < -0.4 is 19.9 Å². The van der Waals surface area contributed by atoms with E-state index in [2.05, 4.69) is 46.0 Å². The highest BCUT2D eigenvalue weighted by Gasteiger charge is 2.23. The van der Waals surface area contributed by atoms with Crippen LogP contribution in [0.3, 0.4) is 0 Å². The lowest BCUT2D eigenvalue weighted by Gasteiger charge is -2.37. The van der Waals surface area contributed by atoms with E-state index < -0.39 is 0 Å². The van der Waals surface area contributed by atoms with Gasteiger partial charge in [-0.3, -0.25) is 4.79 Å². The highest BCUT2D eigenvalue weighted by atomic mass is 16.5. The predicted octanol–water partition coefficient (Wildman–Crippen LogP) is 3.64. The topological polar surface area (TPSA) is 60.9 Å². The van der Waals surface area contributed by atoms with Crippen molar-refractivity contribution in [3.05, 3.63) is 60.3 Å². The van der Waals surface area contributed by atoms with Crippen LogP contribution in [0.5, 0.6) is 5.75 Å². The van der Waals surface area contributed by atoms with Crippen LogP contribution in [0, 0.1) is 0 Å². The number of likely N-dealkylation sites (N-methyl/N-ethyl adjacent to an activating group) is 1. The summed E-state index contributed by atoms with van der Waals surface area (Å²) in [4.78, 5) is 24.7. The number of carbonyl (C=O) groups excluding carboxylic acids is 1. The van der Waals surface area contributed by atoms with Crippen LogP contribution in [0.15, 0.2) is 54.7 Å². The summed E-state index contributed by atoms with van der Waals surface area (Å²) in [6.07, 6.45) is 1.73. The number of para-hydroxylation sites is 2. The molecule has 7 heteroatoms. The number of aromatic nitrogens is 1. The van der Waals surface area contributed by atoms with Crippen molar-refractivity contribution in [2.75, 3.05) is 69.3 Å². The minimum Gasteiger partial charge on any atom is -0.495 e. The molecule has 0 radical (unpaired) electrons. The van der Waals surface area contributed by atoms with E-state index in [1.54, 1.807) is 13.3 Å². The number of nitrogens with zero attached hydrogens (tertiary/aromatic N) is 4. The van der Waals surface area contributed by atoms with Gasteiger partial charge in [-0.2, -0.15) is 0 Å². The zero-order chi connectivity index (χ0) is 23.9. The number of nitrogens with one attached hydrogen (secondary N) is 1. The molecule has 1 aliphatic rings. The maximum atomic E-state index is 13.0. The van der Waals surface area contributed by atoms with E-state index in [1.165, 1.54) is 0 Å². The molecule has 0 unspecified atom stereocenters. The Morgan fingerprint density at radius 1 is 0.971 bits per heavy atom. The second kappa shape index (κ2) is 11.2. The summed E-state index contributed by atoms with van der Waals surface area (Å²) < 4.78 is 5.55. The van der Waals surface area contributed by atoms with Crippen LogP contribution in [0.2, 0.25) is 0 Å². The van der Waals surface area contributed by atoms with Crippen LogP contribution in [-0.4, -0.2) is 75.3 Å². The van der Waals surface area contributed by atoms with Gasteiger partial charge in [0.15, 0.2) is 0 Å². The number of benzene rings is 2. The fourth-order valence-electron chi connectivity index (χ4n) is 4.62. The SMILES string of the molecule is CCN(CC)CCNC(=O)c1cnc(N2CCN(c3ccccc3OC)CC2)c2ccccc12. The Balaban J connectivity index is 1.49. The van der Waals surface area contributed by atoms with E-state index in [0.717, 1.165) is 73.8 Å². The zero-order valence-corrected chi connectivity index (χ0v) is 20.5. The number of methoxy groups -OCH3 is 1. The molecule has 2 aromatic carbocycles. The van der Waals surface area contributed by atoms with Crippen molar-refractivity contribution in [1.29, 1.82) is 0 Å². The van der Waals surface area contributed by atoms with Gasteiger partial charge in [0.25, 0.3) is 5.91 Å². The minimum atomic E-state index is -0.0663. The van der Waals surface area contributed by atoms with Crippen molar-refractivity contribution in [3.8, 4) is 5.75 Å². The average Bonchev–Trinajstić information content (AvgIpc) is 2.90. The summed E-state index contributed by atoms with van der Waals surface area (Å²) >= 11 is 0. The molecular formula is C27H35N5O2. The standard InChI is InChI=1S/C27H35N5O2/c1-4-30(5-2)15-14-28-27(33)23-20-29-26(22-11-7-6-10-21(22)23)32-18-16-31(17-19-32)24-12-8-9-13-25(24)34-3/h6-13,20H,4-5,14-19H2,1-3H3,(H,28,33). The maximum Gasteiger partial charge on any atom is 0.253 e. The van der Waals surface area contributed by atoms with Gasteiger partial charge in [0, 0.05) is 50.9 Å². The van der Waals surface area contributed by atoms with E-state index in [1.807, 2.05) is 36.4 Å². The van der Waals surface area contributed by atoms with Crippen LogP contribution >= 0.6 is 0 Å². The second-order valence-corrected chi connectivity index (χ2v) is 8.47. The predicted molar refractivity (Wildman–Crippen MR) is 139 cm³/mol. The first-order valence-electron chi connectivity index (χ1n) is 12.2. The van der Waals surface area contributed by atoms with Crippen LogP contribution in [0.4, 0.5) is 11.5 Å². The second-order valence-electron chi connectivity index (χ2n) is 8.47. The lowest BCUT2D eigenvalue weighted by Crippen LogP contribution is -2.47. The largest absolute Gasteiger partial charge is 0.495 e. The molecule has 1 aromatic heterocycles. The number of amides is 1. The van der Waals surface area contributed by atoms with Gasteiger partial charge in [-0.1, -0.05) is 50.2 Å². The number of hydrogen-bond donors (Lipinski definition) is 1. The van der Waals surface area contributed by atoms with E-state index in [4.69, 9.17) is 9.72 Å². The van der Waals surface area contributed by atoms with Gasteiger partial charge >= 0.3 is 0 Å². The van der Waals surface area contributed by atoms with E-state index in [0.29, 0.717) is 12.1 Å². The highest BCUT2D eigenvalue weighted by Crippen LogP contribution is 2.31. The van der Waals surface area contributed by atoms with Gasteiger partial charge in [0.05, 0.1) is 18.4 Å². The Morgan fingerprint density at radius 2 is 1.62 bits per heavy atom. The quantitative estimate of drug-likeness (QED) is 0.525. The molecule has 0 atom stereocenters. The summed E-state index contributed by atoms with van der Waals surface area (Å²) in [6.45, 7) is 11.2. The Morgan fingerprint density at radius 3 is 2.32 bits per heavy atom. The number of anilines is 2. The van der Waals surface area contributed by atoms with Crippen LogP contribution in [0.1, 0.15) is 24.2 Å². The lowest BCUT2D eigenvalue weighted by molar-refractivity contribution is 0.0950. The third-order valence-electron chi connectivity index (χ3n) is 6.63. The summed E-state index contributed by atoms with van der Waals surface area (Å²) in [6, 6.07) is 16.2. The van der Waals surface area contributed by atoms with Crippen LogP contribution in [0.25, 0.3) is 10.8 Å². The molecule has 1 aliphatic heterocycles. The Kier molecular flexibility index (Phi) is 7.85. The molecule has 0 saturated carbocycles. The van der Waals surface area contributed by atoms with Crippen molar-refractivity contribution >= 4 is 28.2 Å². The molecule has 1 saturated heterocycles. The van der Waals surface area contributed by atoms with Crippen molar-refractivity contribution in [1.82, 2.24) is 15.2 Å². The van der Waals surface area contributed by atoms with Gasteiger partial charge < -0.3 is 24.8 Å². The number of ether oxygens (including phenoxy) is 1. The number of hydrogen-bond acceptors (Lipinski definition) is 6. The molecule has 1 N–H and O–H groups in total. The lowest BCUT2D eigenvalue weighted by atomic mass is 10.1. The Bertz CT molecular complexity index is 1110. The molecule has 180 valence electrons. The highest BCUT2D eigenvalue weighted by molar-refractivity contribution is 6.09. The maximum absolute atomic E-state index is 13.0. The first-order valence-corrected chi connectivity index (χ1v) is 12.2. The number of rotatable bonds is 9. The summed E-state index contributed by atoms with van der Waals surface area (Å²) in [5, 5.41) is 5.03. The number of piperazine rings is 1. The van der Waals surface area contributed by atoms with Gasteiger partial charge in [0.1, 0.15) is 11.6 Å². The third kappa shape index (κ3) is 5.09. The first kappa shape index (κ1) is 23.8. The molecule has 1 fully saturated rings. The Hall–Kier alpha value is -3.32. The summed E-state index contributed by atoms with van der Waals surface area (Å²) in [7, 11) is 1.71. The fraction of sp³-hybridized carbons (Fsp3) is 0.407. The fourth-order valence-corrected chi connectivity index (χ4v) is 4.62. The third-order valence-corrected chi connectivity index (χ3v) is 6.63. The van der Waals surface area contributed by atoms with E-state index in [-0.39, 0.29) is 5.91 Å². The molecule has 2 heterocycles. The monoisotopic (exact) mass is 461 g/mol. The summed E-state index contributed by atoms with van der Waals surface area (Å²) in [5.74, 6) is 1.77. The normalized spacial score (nSPS) is 14.0. The van der Waals surface area contributed by atoms with E-state index >= 15 is 0 Å². The molecule has 7 nitrogen and oxygen atoms in total. The Labute approximate surface area is 202 Å². The van der Waals surface area contributed by atoms with Crippen molar-refractivity contribution < 1.29 is 9.53 Å². The first-order chi connectivity index (χ1) is 16.7. The molecule has 0 bridgehead atoms. The van der Waals surface area contributed by atoms with Gasteiger partial charge in [-0.05, 0) is 30.6 Å². The summed E-state index contributed by atoms with van der Waals surface area (Å²) in [5.41, 5.74) is 1.76. The van der Waals surface area contributed by atoms with Crippen molar-refractivity contribution in [2.45, 2.75) is 13.8 Å². The van der Waals surface area contributed by atoms with Gasteiger partial charge in [-0.15, -0.1) is 0 Å². The zero-order valence-electron chi connectivity index (χ0n) is 20.5. The van der Waals surface area contributed by atoms with Crippen molar-refractivity contribution in [3.63, 3.8) is 0 Å². The number of carbonyl (C=O) groups is 1.